The first-order chi connectivity index (χ1) is 9.19. The molecule has 4 heteroatoms. The van der Waals surface area contributed by atoms with Crippen molar-refractivity contribution in [2.24, 2.45) is 7.05 Å². The van der Waals surface area contributed by atoms with Crippen LogP contribution < -0.4 is 10.1 Å². The number of rotatable bonds is 6. The van der Waals surface area contributed by atoms with E-state index in [1.165, 1.54) is 5.56 Å². The van der Waals surface area contributed by atoms with E-state index in [4.69, 9.17) is 4.74 Å². The van der Waals surface area contributed by atoms with Crippen molar-refractivity contribution in [3.8, 4) is 5.75 Å². The second-order valence-corrected chi connectivity index (χ2v) is 4.59. The molecule has 0 aliphatic carbocycles. The zero-order chi connectivity index (χ0) is 13.7. The molecule has 0 saturated carbocycles. The lowest BCUT2D eigenvalue weighted by atomic mass is 10.1. The topological polar surface area (TPSA) is 39.1 Å². The van der Waals surface area contributed by atoms with Crippen LogP contribution in [0.25, 0.3) is 0 Å². The summed E-state index contributed by atoms with van der Waals surface area (Å²) in [5.74, 6) is 0.920. The fourth-order valence-electron chi connectivity index (χ4n) is 1.95. The van der Waals surface area contributed by atoms with Gasteiger partial charge in [-0.15, -0.1) is 0 Å². The van der Waals surface area contributed by atoms with Crippen molar-refractivity contribution in [3.05, 3.63) is 47.8 Å². The lowest BCUT2D eigenvalue weighted by Crippen LogP contribution is -2.18. The molecule has 2 rings (SSSR count). The van der Waals surface area contributed by atoms with E-state index in [1.807, 2.05) is 43.0 Å². The van der Waals surface area contributed by atoms with Crippen LogP contribution in [-0.2, 0) is 13.6 Å². The van der Waals surface area contributed by atoms with Crippen LogP contribution in [0.2, 0.25) is 0 Å². The molecule has 19 heavy (non-hydrogen) atoms. The highest BCUT2D eigenvalue weighted by Gasteiger charge is 2.06. The molecule has 0 saturated heterocycles. The van der Waals surface area contributed by atoms with Crippen LogP contribution in [0.5, 0.6) is 5.75 Å². The second kappa shape index (κ2) is 6.38. The number of nitrogens with one attached hydrogen (secondary N) is 1. The summed E-state index contributed by atoms with van der Waals surface area (Å²) in [5.41, 5.74) is 2.31. The minimum absolute atomic E-state index is 0.290. The van der Waals surface area contributed by atoms with Gasteiger partial charge in [-0.3, -0.25) is 4.68 Å². The molecule has 2 aromatic rings. The quantitative estimate of drug-likeness (QED) is 0.867. The van der Waals surface area contributed by atoms with Gasteiger partial charge in [0.2, 0.25) is 0 Å². The average Bonchev–Trinajstić information content (AvgIpc) is 2.83. The van der Waals surface area contributed by atoms with Gasteiger partial charge in [-0.1, -0.05) is 12.1 Å². The molecule has 0 radical (unpaired) electrons. The summed E-state index contributed by atoms with van der Waals surface area (Å²) < 4.78 is 7.26. The Labute approximate surface area is 114 Å². The third-order valence-electron chi connectivity index (χ3n) is 3.05. The van der Waals surface area contributed by atoms with Gasteiger partial charge in [0.05, 0.1) is 12.3 Å². The Morgan fingerprint density at radius 1 is 1.26 bits per heavy atom. The molecule has 1 atom stereocenters. The van der Waals surface area contributed by atoms with Crippen molar-refractivity contribution in [2.75, 3.05) is 6.61 Å². The fourth-order valence-corrected chi connectivity index (χ4v) is 1.95. The molecular formula is C15H21N3O. The molecule has 1 aromatic heterocycles. The maximum atomic E-state index is 5.44. The molecule has 1 unspecified atom stereocenters. The van der Waals surface area contributed by atoms with E-state index in [9.17, 15) is 0 Å². The molecule has 4 nitrogen and oxygen atoms in total. The average molecular weight is 259 g/mol. The van der Waals surface area contributed by atoms with Crippen LogP contribution in [0.1, 0.15) is 31.1 Å². The van der Waals surface area contributed by atoms with Gasteiger partial charge in [0.25, 0.3) is 0 Å². The van der Waals surface area contributed by atoms with E-state index in [0.717, 1.165) is 18.0 Å². The number of benzene rings is 1. The third kappa shape index (κ3) is 3.83. The summed E-state index contributed by atoms with van der Waals surface area (Å²) in [5, 5.41) is 7.81. The monoisotopic (exact) mass is 259 g/mol. The summed E-state index contributed by atoms with van der Waals surface area (Å²) in [7, 11) is 1.93. The number of aromatic nitrogens is 2. The van der Waals surface area contributed by atoms with Gasteiger partial charge in [-0.05, 0) is 37.6 Å². The van der Waals surface area contributed by atoms with E-state index in [-0.39, 0.29) is 6.04 Å². The van der Waals surface area contributed by atoms with Crippen molar-refractivity contribution in [3.63, 3.8) is 0 Å². The van der Waals surface area contributed by atoms with Gasteiger partial charge in [0.15, 0.2) is 0 Å². The Hall–Kier alpha value is -1.81. The molecule has 0 bridgehead atoms. The van der Waals surface area contributed by atoms with Crippen molar-refractivity contribution in [1.82, 2.24) is 15.1 Å². The summed E-state index contributed by atoms with van der Waals surface area (Å²) in [6.07, 6.45) is 1.96. The summed E-state index contributed by atoms with van der Waals surface area (Å²) in [6.45, 7) is 5.62. The van der Waals surface area contributed by atoms with E-state index in [0.29, 0.717) is 6.61 Å². The van der Waals surface area contributed by atoms with Gasteiger partial charge in [-0.2, -0.15) is 5.10 Å². The first-order valence-electron chi connectivity index (χ1n) is 6.63. The molecule has 0 aliphatic heterocycles. The first kappa shape index (κ1) is 13.6. The first-order valence-corrected chi connectivity index (χ1v) is 6.63. The predicted octanol–water partition coefficient (Wildman–Crippen LogP) is 2.67. The molecule has 1 aromatic carbocycles. The number of hydrogen-bond donors (Lipinski definition) is 1. The molecule has 1 heterocycles. The summed E-state index contributed by atoms with van der Waals surface area (Å²) in [6, 6.07) is 10.5. The summed E-state index contributed by atoms with van der Waals surface area (Å²) in [4.78, 5) is 0. The third-order valence-corrected chi connectivity index (χ3v) is 3.05. The Balaban J connectivity index is 1.90. The van der Waals surface area contributed by atoms with Gasteiger partial charge in [-0.25, -0.2) is 0 Å². The van der Waals surface area contributed by atoms with Crippen LogP contribution in [0, 0.1) is 0 Å². The standard InChI is InChI=1S/C15H21N3O/c1-4-19-15-7-5-13(6-8-15)12(2)16-11-14-9-10-18(3)17-14/h5-10,12,16H,4,11H2,1-3H3. The van der Waals surface area contributed by atoms with E-state index >= 15 is 0 Å². The number of hydrogen-bond acceptors (Lipinski definition) is 3. The van der Waals surface area contributed by atoms with Crippen molar-refractivity contribution < 1.29 is 4.74 Å². The van der Waals surface area contributed by atoms with E-state index in [2.05, 4.69) is 29.5 Å². The molecule has 1 N–H and O–H groups in total. The molecule has 102 valence electrons. The van der Waals surface area contributed by atoms with Gasteiger partial charge in [0, 0.05) is 25.8 Å². The Morgan fingerprint density at radius 3 is 2.58 bits per heavy atom. The van der Waals surface area contributed by atoms with Gasteiger partial charge < -0.3 is 10.1 Å². The van der Waals surface area contributed by atoms with E-state index in [1.54, 1.807) is 0 Å². The second-order valence-electron chi connectivity index (χ2n) is 4.59. The highest BCUT2D eigenvalue weighted by molar-refractivity contribution is 5.28. The van der Waals surface area contributed by atoms with Crippen LogP contribution in [-0.4, -0.2) is 16.4 Å². The number of aryl methyl sites for hydroxylation is 1. The SMILES string of the molecule is CCOc1ccc(C(C)NCc2ccn(C)n2)cc1. The fraction of sp³-hybridized carbons (Fsp3) is 0.400. The normalized spacial score (nSPS) is 12.4. The predicted molar refractivity (Wildman–Crippen MR) is 76.1 cm³/mol. The zero-order valence-electron chi connectivity index (χ0n) is 11.8. The maximum Gasteiger partial charge on any atom is 0.119 e. The summed E-state index contributed by atoms with van der Waals surface area (Å²) >= 11 is 0. The highest BCUT2D eigenvalue weighted by Crippen LogP contribution is 2.17. The minimum atomic E-state index is 0.290. The zero-order valence-corrected chi connectivity index (χ0v) is 11.8. The lowest BCUT2D eigenvalue weighted by Gasteiger charge is -2.14. The van der Waals surface area contributed by atoms with Gasteiger partial charge >= 0.3 is 0 Å². The highest BCUT2D eigenvalue weighted by atomic mass is 16.5. The smallest absolute Gasteiger partial charge is 0.119 e. The lowest BCUT2D eigenvalue weighted by molar-refractivity contribution is 0.340. The van der Waals surface area contributed by atoms with E-state index < -0.39 is 0 Å². The minimum Gasteiger partial charge on any atom is -0.494 e. The Kier molecular flexibility index (Phi) is 4.58. The van der Waals surface area contributed by atoms with Crippen LogP contribution in [0.15, 0.2) is 36.5 Å². The van der Waals surface area contributed by atoms with Crippen LogP contribution in [0.3, 0.4) is 0 Å². The maximum absolute atomic E-state index is 5.44. The number of ether oxygens (including phenoxy) is 1. The van der Waals surface area contributed by atoms with Crippen molar-refractivity contribution in [1.29, 1.82) is 0 Å². The molecule has 0 fully saturated rings. The Bertz CT molecular complexity index is 504. The largest absolute Gasteiger partial charge is 0.494 e. The molecular weight excluding hydrogens is 238 g/mol. The van der Waals surface area contributed by atoms with Crippen LogP contribution >= 0.6 is 0 Å². The molecule has 0 aliphatic rings. The van der Waals surface area contributed by atoms with Gasteiger partial charge in [0.1, 0.15) is 5.75 Å². The van der Waals surface area contributed by atoms with Crippen LogP contribution in [0.4, 0.5) is 0 Å². The number of nitrogens with zero attached hydrogens (tertiary/aromatic N) is 2. The molecule has 0 amide bonds. The van der Waals surface area contributed by atoms with Crippen molar-refractivity contribution in [2.45, 2.75) is 26.4 Å². The van der Waals surface area contributed by atoms with Crippen molar-refractivity contribution >= 4 is 0 Å². The Morgan fingerprint density at radius 2 is 2.00 bits per heavy atom. The molecule has 0 spiro atoms.